The van der Waals surface area contributed by atoms with Crippen molar-refractivity contribution in [2.24, 2.45) is 0 Å². The molecular weight excluding hydrogens is 384 g/mol. The molecule has 28 heavy (non-hydrogen) atoms. The lowest BCUT2D eigenvalue weighted by Gasteiger charge is -2.08. The zero-order valence-electron chi connectivity index (χ0n) is 15.0. The van der Waals surface area contributed by atoms with E-state index in [1.165, 1.54) is 6.07 Å². The molecule has 0 atom stereocenters. The number of carbonyl (C=O) groups is 3. The summed E-state index contributed by atoms with van der Waals surface area (Å²) in [6, 6.07) is 12.0. The van der Waals surface area contributed by atoms with Gasteiger partial charge in [0.25, 0.3) is 11.8 Å². The van der Waals surface area contributed by atoms with Crippen LogP contribution in [0.2, 0.25) is 0 Å². The van der Waals surface area contributed by atoms with Gasteiger partial charge in [-0.2, -0.15) is 0 Å². The van der Waals surface area contributed by atoms with Crippen LogP contribution in [0.15, 0.2) is 47.4 Å². The van der Waals surface area contributed by atoms with Crippen LogP contribution in [0.5, 0.6) is 11.5 Å². The lowest BCUT2D eigenvalue weighted by Crippen LogP contribution is -2.32. The Morgan fingerprint density at radius 1 is 1.11 bits per heavy atom. The van der Waals surface area contributed by atoms with E-state index in [0.717, 1.165) is 4.90 Å². The van der Waals surface area contributed by atoms with Crippen LogP contribution in [0.3, 0.4) is 0 Å². The highest BCUT2D eigenvalue weighted by molar-refractivity contribution is 7.98. The molecule has 0 spiro atoms. The van der Waals surface area contributed by atoms with Gasteiger partial charge in [-0.25, -0.2) is 0 Å². The van der Waals surface area contributed by atoms with Crippen LogP contribution in [0.25, 0.3) is 0 Å². The summed E-state index contributed by atoms with van der Waals surface area (Å²) in [6.07, 6.45) is 1.93. The summed E-state index contributed by atoms with van der Waals surface area (Å²) in [7, 11) is 0. The number of carbonyl (C=O) groups excluding carboxylic acids is 3. The Labute approximate surface area is 165 Å². The van der Waals surface area contributed by atoms with Crippen LogP contribution in [0, 0.1) is 0 Å². The van der Waals surface area contributed by atoms with Gasteiger partial charge >= 0.3 is 5.97 Å². The van der Waals surface area contributed by atoms with Crippen molar-refractivity contribution in [2.75, 3.05) is 31.5 Å². The molecule has 0 saturated heterocycles. The van der Waals surface area contributed by atoms with E-state index in [4.69, 9.17) is 14.2 Å². The highest BCUT2D eigenvalue weighted by Gasteiger charge is 2.17. The number of thioether (sulfide) groups is 1. The largest absolute Gasteiger partial charge is 0.454 e. The van der Waals surface area contributed by atoms with E-state index in [1.54, 1.807) is 30.0 Å². The van der Waals surface area contributed by atoms with Crippen molar-refractivity contribution in [3.63, 3.8) is 0 Å². The maximum absolute atomic E-state index is 12.1. The Hall–Kier alpha value is -3.20. The standard InChI is InChI=1S/C19H18N2O6S/c1-28-14-4-2-3-13(8-14)21-17(22)10-25-18(23)9-20-19(24)12-5-6-15-16(7-12)27-11-26-15/h2-8H,9-11H2,1H3,(H,20,24)(H,21,22). The van der Waals surface area contributed by atoms with Crippen LogP contribution >= 0.6 is 11.8 Å². The number of hydrogen-bond donors (Lipinski definition) is 2. The fourth-order valence-corrected chi connectivity index (χ4v) is 2.85. The number of hydrogen-bond acceptors (Lipinski definition) is 7. The van der Waals surface area contributed by atoms with Gasteiger partial charge in [0.15, 0.2) is 18.1 Å². The molecule has 2 amide bonds. The van der Waals surface area contributed by atoms with Crippen LogP contribution in [0.4, 0.5) is 5.69 Å². The summed E-state index contributed by atoms with van der Waals surface area (Å²) in [5, 5.41) is 5.08. The molecule has 0 saturated carbocycles. The molecule has 0 bridgehead atoms. The number of ether oxygens (including phenoxy) is 3. The predicted molar refractivity (Wildman–Crippen MR) is 103 cm³/mol. The quantitative estimate of drug-likeness (QED) is 0.540. The molecule has 1 aliphatic heterocycles. The number of benzene rings is 2. The molecule has 0 fully saturated rings. The van der Waals surface area contributed by atoms with Crippen molar-refractivity contribution in [3.05, 3.63) is 48.0 Å². The third-order valence-electron chi connectivity index (χ3n) is 3.75. The molecule has 9 heteroatoms. The molecule has 3 rings (SSSR count). The van der Waals surface area contributed by atoms with Crippen LogP contribution < -0.4 is 20.1 Å². The van der Waals surface area contributed by atoms with E-state index >= 15 is 0 Å². The molecule has 1 aliphatic rings. The van der Waals surface area contributed by atoms with Crippen molar-refractivity contribution in [1.82, 2.24) is 5.32 Å². The molecule has 1 heterocycles. The Kier molecular flexibility index (Phi) is 6.38. The Bertz CT molecular complexity index is 902. The van der Waals surface area contributed by atoms with E-state index in [2.05, 4.69) is 10.6 Å². The zero-order chi connectivity index (χ0) is 19.9. The molecule has 2 aromatic rings. The second-order valence-corrected chi connectivity index (χ2v) is 6.57. The van der Waals surface area contributed by atoms with E-state index in [-0.39, 0.29) is 13.3 Å². The molecule has 2 N–H and O–H groups in total. The number of anilines is 1. The van der Waals surface area contributed by atoms with Gasteiger partial charge in [-0.3, -0.25) is 14.4 Å². The first-order valence-corrected chi connectivity index (χ1v) is 9.55. The first kappa shape index (κ1) is 19.6. The molecule has 0 unspecified atom stereocenters. The topological polar surface area (TPSA) is 103 Å². The Morgan fingerprint density at radius 3 is 2.75 bits per heavy atom. The number of amides is 2. The highest BCUT2D eigenvalue weighted by Crippen LogP contribution is 2.32. The van der Waals surface area contributed by atoms with Gasteiger partial charge in [0.1, 0.15) is 6.54 Å². The molecule has 0 radical (unpaired) electrons. The Morgan fingerprint density at radius 2 is 1.93 bits per heavy atom. The minimum atomic E-state index is -0.720. The third-order valence-corrected chi connectivity index (χ3v) is 4.47. The highest BCUT2D eigenvalue weighted by atomic mass is 32.2. The van der Waals surface area contributed by atoms with Gasteiger partial charge in [-0.15, -0.1) is 11.8 Å². The van der Waals surface area contributed by atoms with E-state index < -0.39 is 24.4 Å². The summed E-state index contributed by atoms with van der Waals surface area (Å²) in [5.41, 5.74) is 0.937. The van der Waals surface area contributed by atoms with Gasteiger partial charge in [-0.1, -0.05) is 6.07 Å². The van der Waals surface area contributed by atoms with Crippen molar-refractivity contribution in [1.29, 1.82) is 0 Å². The number of rotatable bonds is 7. The van der Waals surface area contributed by atoms with Gasteiger partial charge in [0.2, 0.25) is 6.79 Å². The molecular formula is C19H18N2O6S. The first-order valence-electron chi connectivity index (χ1n) is 8.32. The fourth-order valence-electron chi connectivity index (χ4n) is 2.39. The maximum atomic E-state index is 12.1. The number of nitrogens with one attached hydrogen (secondary N) is 2. The molecule has 0 aliphatic carbocycles. The maximum Gasteiger partial charge on any atom is 0.325 e. The van der Waals surface area contributed by atoms with Gasteiger partial charge in [-0.05, 0) is 42.7 Å². The van der Waals surface area contributed by atoms with E-state index in [9.17, 15) is 14.4 Å². The van der Waals surface area contributed by atoms with Crippen LogP contribution in [0.1, 0.15) is 10.4 Å². The smallest absolute Gasteiger partial charge is 0.325 e. The van der Waals surface area contributed by atoms with Crippen molar-refractivity contribution in [2.45, 2.75) is 4.90 Å². The third kappa shape index (κ3) is 5.17. The lowest BCUT2D eigenvalue weighted by molar-refractivity contribution is -0.146. The van der Waals surface area contributed by atoms with Crippen molar-refractivity contribution < 1.29 is 28.6 Å². The minimum Gasteiger partial charge on any atom is -0.454 e. The average molecular weight is 402 g/mol. The summed E-state index contributed by atoms with van der Waals surface area (Å²) >= 11 is 1.55. The summed E-state index contributed by atoms with van der Waals surface area (Å²) in [6.45, 7) is -0.693. The monoisotopic (exact) mass is 402 g/mol. The van der Waals surface area contributed by atoms with Crippen LogP contribution in [-0.2, 0) is 14.3 Å². The van der Waals surface area contributed by atoms with Crippen LogP contribution in [-0.4, -0.2) is 44.0 Å². The van der Waals surface area contributed by atoms with E-state index in [1.807, 2.05) is 24.5 Å². The second-order valence-electron chi connectivity index (χ2n) is 5.69. The SMILES string of the molecule is CSc1cccc(NC(=O)COC(=O)CNC(=O)c2ccc3c(c2)OCO3)c1. The average Bonchev–Trinajstić information content (AvgIpc) is 3.18. The summed E-state index contributed by atoms with van der Waals surface area (Å²) < 4.78 is 15.3. The number of fused-ring (bicyclic) bond motifs is 1. The molecule has 146 valence electrons. The predicted octanol–water partition coefficient (Wildman–Crippen LogP) is 2.05. The zero-order valence-corrected chi connectivity index (χ0v) is 15.8. The first-order chi connectivity index (χ1) is 13.5. The summed E-state index contributed by atoms with van der Waals surface area (Å²) in [4.78, 5) is 36.7. The van der Waals surface area contributed by atoms with Gasteiger partial charge in [0.05, 0.1) is 0 Å². The molecule has 8 nitrogen and oxygen atoms in total. The summed E-state index contributed by atoms with van der Waals surface area (Å²) in [5.74, 6) is -0.619. The van der Waals surface area contributed by atoms with Gasteiger partial charge in [0, 0.05) is 16.1 Å². The lowest BCUT2D eigenvalue weighted by atomic mass is 10.2. The van der Waals surface area contributed by atoms with Gasteiger partial charge < -0.3 is 24.8 Å². The van der Waals surface area contributed by atoms with E-state index in [0.29, 0.717) is 22.7 Å². The van der Waals surface area contributed by atoms with Crippen molar-refractivity contribution >= 4 is 35.2 Å². The minimum absolute atomic E-state index is 0.108. The van der Waals surface area contributed by atoms with Crippen molar-refractivity contribution in [3.8, 4) is 11.5 Å². The fraction of sp³-hybridized carbons (Fsp3) is 0.211. The molecule has 0 aromatic heterocycles. The normalized spacial score (nSPS) is 11.6. The second kappa shape index (κ2) is 9.14. The Balaban J connectivity index is 1.41. The molecule has 2 aromatic carbocycles. The number of esters is 1.